The number of hydrogen-bond acceptors (Lipinski definition) is 3. The molecule has 0 unspecified atom stereocenters. The second-order valence-corrected chi connectivity index (χ2v) is 5.46. The van der Waals surface area contributed by atoms with Crippen molar-refractivity contribution in [1.29, 1.82) is 0 Å². The highest BCUT2D eigenvalue weighted by Gasteiger charge is 2.15. The molecule has 0 atom stereocenters. The number of aryl methyl sites for hydroxylation is 2. The summed E-state index contributed by atoms with van der Waals surface area (Å²) < 4.78 is 13.4. The Morgan fingerprint density at radius 2 is 1.86 bits per heavy atom. The second-order valence-electron chi connectivity index (χ2n) is 5.46. The molecule has 22 heavy (non-hydrogen) atoms. The van der Waals surface area contributed by atoms with E-state index in [1.807, 2.05) is 42.8 Å². The fourth-order valence-electron chi connectivity index (χ4n) is 2.95. The van der Waals surface area contributed by atoms with Crippen molar-refractivity contribution >= 4 is 21.9 Å². The number of hydrogen-bond donors (Lipinski definition) is 0. The van der Waals surface area contributed by atoms with Gasteiger partial charge in [-0.1, -0.05) is 18.2 Å². The monoisotopic (exact) mass is 292 g/mol. The zero-order chi connectivity index (χ0) is 15.3. The Morgan fingerprint density at radius 3 is 2.59 bits per heavy atom. The molecule has 0 N–H and O–H groups in total. The predicted octanol–water partition coefficient (Wildman–Crippen LogP) is 4.40. The fraction of sp³-hybridized carbons (Fsp3) is 0.167. The minimum absolute atomic E-state index is 0.719. The van der Waals surface area contributed by atoms with Crippen LogP contribution in [-0.2, 0) is 0 Å². The zero-order valence-electron chi connectivity index (χ0n) is 12.8. The van der Waals surface area contributed by atoms with E-state index in [1.54, 1.807) is 7.11 Å². The van der Waals surface area contributed by atoms with Crippen LogP contribution in [0.2, 0.25) is 0 Å². The molecule has 2 aromatic carbocycles. The summed E-state index contributed by atoms with van der Waals surface area (Å²) in [5.41, 5.74) is 4.69. The highest BCUT2D eigenvalue weighted by atomic mass is 16.5. The second kappa shape index (κ2) is 4.63. The van der Waals surface area contributed by atoms with Crippen molar-refractivity contribution in [3.05, 3.63) is 53.9 Å². The van der Waals surface area contributed by atoms with E-state index in [2.05, 4.69) is 23.3 Å². The van der Waals surface area contributed by atoms with Crippen molar-refractivity contribution in [2.75, 3.05) is 7.11 Å². The van der Waals surface area contributed by atoms with Gasteiger partial charge in [-0.2, -0.15) is 5.10 Å². The third-order valence-corrected chi connectivity index (χ3v) is 3.90. The molecule has 0 saturated heterocycles. The van der Waals surface area contributed by atoms with Crippen LogP contribution in [0.25, 0.3) is 27.6 Å². The van der Waals surface area contributed by atoms with E-state index in [0.717, 1.165) is 44.8 Å². The van der Waals surface area contributed by atoms with Crippen molar-refractivity contribution in [1.82, 2.24) is 9.78 Å². The van der Waals surface area contributed by atoms with Crippen molar-refractivity contribution in [2.45, 2.75) is 13.8 Å². The largest absolute Gasteiger partial charge is 0.493 e. The number of para-hydroxylation sites is 1. The molecule has 0 aliphatic heterocycles. The lowest BCUT2D eigenvalue weighted by atomic mass is 10.1. The van der Waals surface area contributed by atoms with E-state index >= 15 is 0 Å². The first kappa shape index (κ1) is 13.0. The maximum atomic E-state index is 5.95. The highest BCUT2D eigenvalue weighted by Crippen LogP contribution is 2.36. The van der Waals surface area contributed by atoms with Gasteiger partial charge in [-0.05, 0) is 32.0 Å². The van der Waals surface area contributed by atoms with E-state index in [4.69, 9.17) is 9.15 Å². The number of rotatable bonds is 2. The summed E-state index contributed by atoms with van der Waals surface area (Å²) in [5.74, 6) is 0.719. The molecule has 4 heteroatoms. The standard InChI is InChI=1S/C18H16N2O2/c1-11-8-12(2)20(19-11)13-9-15-14-6-4-5-7-16(14)22-18(15)17(10-13)21-3/h4-10H,1-3H3. The van der Waals surface area contributed by atoms with Crippen LogP contribution in [0, 0.1) is 13.8 Å². The number of furan rings is 1. The smallest absolute Gasteiger partial charge is 0.177 e. The average Bonchev–Trinajstić information content (AvgIpc) is 3.06. The summed E-state index contributed by atoms with van der Waals surface area (Å²) in [6, 6.07) is 14.1. The van der Waals surface area contributed by atoms with E-state index in [9.17, 15) is 0 Å². The molecule has 110 valence electrons. The highest BCUT2D eigenvalue weighted by molar-refractivity contribution is 6.07. The maximum Gasteiger partial charge on any atom is 0.177 e. The molecule has 0 aliphatic rings. The third-order valence-electron chi connectivity index (χ3n) is 3.90. The van der Waals surface area contributed by atoms with Crippen LogP contribution in [0.4, 0.5) is 0 Å². The van der Waals surface area contributed by atoms with Gasteiger partial charge in [0.15, 0.2) is 11.3 Å². The van der Waals surface area contributed by atoms with E-state index < -0.39 is 0 Å². The van der Waals surface area contributed by atoms with Crippen LogP contribution >= 0.6 is 0 Å². The molecule has 4 aromatic rings. The molecule has 2 aromatic heterocycles. The Morgan fingerprint density at radius 1 is 1.05 bits per heavy atom. The summed E-state index contributed by atoms with van der Waals surface area (Å²) in [7, 11) is 1.66. The third kappa shape index (κ3) is 1.80. The van der Waals surface area contributed by atoms with Gasteiger partial charge >= 0.3 is 0 Å². The van der Waals surface area contributed by atoms with Crippen LogP contribution in [0.15, 0.2) is 46.9 Å². The van der Waals surface area contributed by atoms with E-state index in [-0.39, 0.29) is 0 Å². The first-order valence-electron chi connectivity index (χ1n) is 7.20. The number of methoxy groups -OCH3 is 1. The summed E-state index contributed by atoms with van der Waals surface area (Å²) in [6.45, 7) is 4.04. The lowest BCUT2D eigenvalue weighted by Crippen LogP contribution is -1.99. The molecule has 0 spiro atoms. The maximum absolute atomic E-state index is 5.95. The quantitative estimate of drug-likeness (QED) is 0.550. The number of benzene rings is 2. The van der Waals surface area contributed by atoms with Gasteiger partial charge < -0.3 is 9.15 Å². The molecule has 0 amide bonds. The van der Waals surface area contributed by atoms with Crippen molar-refractivity contribution < 1.29 is 9.15 Å². The molecular weight excluding hydrogens is 276 g/mol. The first-order valence-corrected chi connectivity index (χ1v) is 7.20. The van der Waals surface area contributed by atoms with Gasteiger partial charge in [0.1, 0.15) is 5.58 Å². The lowest BCUT2D eigenvalue weighted by molar-refractivity contribution is 0.411. The molecule has 0 fully saturated rings. The molecule has 2 heterocycles. The van der Waals surface area contributed by atoms with Gasteiger partial charge in [0.25, 0.3) is 0 Å². The summed E-state index contributed by atoms with van der Waals surface area (Å²) in [4.78, 5) is 0. The Labute approximate surface area is 127 Å². The van der Waals surface area contributed by atoms with Crippen molar-refractivity contribution in [2.24, 2.45) is 0 Å². The van der Waals surface area contributed by atoms with Gasteiger partial charge in [-0.15, -0.1) is 0 Å². The van der Waals surface area contributed by atoms with Gasteiger partial charge in [-0.3, -0.25) is 0 Å². The predicted molar refractivity (Wildman–Crippen MR) is 86.9 cm³/mol. The minimum atomic E-state index is 0.719. The topological polar surface area (TPSA) is 40.2 Å². The van der Waals surface area contributed by atoms with Crippen molar-refractivity contribution in [3.63, 3.8) is 0 Å². The number of ether oxygens (including phenoxy) is 1. The minimum Gasteiger partial charge on any atom is -0.493 e. The van der Waals surface area contributed by atoms with Gasteiger partial charge in [0, 0.05) is 22.5 Å². The molecule has 0 aliphatic carbocycles. The van der Waals surface area contributed by atoms with Crippen LogP contribution in [0.1, 0.15) is 11.4 Å². The Hall–Kier alpha value is -2.75. The van der Waals surface area contributed by atoms with Gasteiger partial charge in [-0.25, -0.2) is 4.68 Å². The number of aromatic nitrogens is 2. The molecule has 0 radical (unpaired) electrons. The van der Waals surface area contributed by atoms with Crippen LogP contribution in [-0.4, -0.2) is 16.9 Å². The Balaban J connectivity index is 2.08. The van der Waals surface area contributed by atoms with Crippen LogP contribution in [0.3, 0.4) is 0 Å². The lowest BCUT2D eigenvalue weighted by Gasteiger charge is -2.07. The van der Waals surface area contributed by atoms with Gasteiger partial charge in [0.2, 0.25) is 0 Å². The normalized spacial score (nSPS) is 11.4. The van der Waals surface area contributed by atoms with Crippen LogP contribution in [0.5, 0.6) is 5.75 Å². The molecule has 4 rings (SSSR count). The summed E-state index contributed by atoms with van der Waals surface area (Å²) >= 11 is 0. The summed E-state index contributed by atoms with van der Waals surface area (Å²) in [5, 5.41) is 6.68. The first-order chi connectivity index (χ1) is 10.7. The SMILES string of the molecule is COc1cc(-n2nc(C)cc2C)cc2c1oc1ccccc12. The molecule has 0 saturated carbocycles. The molecule has 0 bridgehead atoms. The Bertz CT molecular complexity index is 995. The van der Waals surface area contributed by atoms with Crippen LogP contribution < -0.4 is 4.74 Å². The average molecular weight is 292 g/mol. The number of fused-ring (bicyclic) bond motifs is 3. The fourth-order valence-corrected chi connectivity index (χ4v) is 2.95. The van der Waals surface area contributed by atoms with Gasteiger partial charge in [0.05, 0.1) is 18.5 Å². The Kier molecular flexibility index (Phi) is 2.73. The molecule has 4 nitrogen and oxygen atoms in total. The number of nitrogens with zero attached hydrogens (tertiary/aromatic N) is 2. The summed E-state index contributed by atoms with van der Waals surface area (Å²) in [6.07, 6.45) is 0. The zero-order valence-corrected chi connectivity index (χ0v) is 12.8. The van der Waals surface area contributed by atoms with Crippen molar-refractivity contribution in [3.8, 4) is 11.4 Å². The van der Waals surface area contributed by atoms with E-state index in [1.165, 1.54) is 0 Å². The van der Waals surface area contributed by atoms with E-state index in [0.29, 0.717) is 0 Å². The molecular formula is C18H16N2O2.